The predicted molar refractivity (Wildman–Crippen MR) is 123 cm³/mol. The summed E-state index contributed by atoms with van der Waals surface area (Å²) in [6, 6.07) is 5.84. The molecule has 0 saturated carbocycles. The second-order valence-corrected chi connectivity index (χ2v) is 8.69. The van der Waals surface area contributed by atoms with Gasteiger partial charge >= 0.3 is 5.69 Å². The van der Waals surface area contributed by atoms with Crippen LogP contribution in [-0.2, 0) is 0 Å². The van der Waals surface area contributed by atoms with Crippen LogP contribution in [0.4, 0.5) is 4.39 Å². The molecule has 8 heteroatoms. The molecule has 1 aliphatic rings. The average molecular weight is 440 g/mol. The Kier molecular flexibility index (Phi) is 6.15. The highest BCUT2D eigenvalue weighted by Crippen LogP contribution is 2.28. The number of likely N-dealkylation sites (tertiary alicyclic amines) is 1. The number of nitrogens with zero attached hydrogens (tertiary/aromatic N) is 5. The van der Waals surface area contributed by atoms with Gasteiger partial charge in [0.05, 0.1) is 28.5 Å². The van der Waals surface area contributed by atoms with E-state index in [0.29, 0.717) is 11.2 Å². The Bertz CT molecular complexity index is 1190. The molecule has 32 heavy (non-hydrogen) atoms. The summed E-state index contributed by atoms with van der Waals surface area (Å²) in [6.45, 7) is 8.79. The maximum Gasteiger partial charge on any atom is 0.334 e. The second kappa shape index (κ2) is 8.86. The number of aromatic nitrogens is 3. The topological polar surface area (TPSA) is 63.4 Å². The van der Waals surface area contributed by atoms with E-state index in [4.69, 9.17) is 0 Å². The fourth-order valence-corrected chi connectivity index (χ4v) is 4.45. The molecule has 4 rings (SSSR count). The van der Waals surface area contributed by atoms with E-state index in [1.165, 1.54) is 22.8 Å². The number of imidazole rings is 1. The van der Waals surface area contributed by atoms with E-state index in [-0.39, 0.29) is 29.2 Å². The van der Waals surface area contributed by atoms with E-state index in [1.54, 1.807) is 24.3 Å². The summed E-state index contributed by atoms with van der Waals surface area (Å²) in [4.78, 5) is 35.1. The van der Waals surface area contributed by atoms with Crippen LogP contribution in [0, 0.1) is 5.82 Å². The van der Waals surface area contributed by atoms with Crippen molar-refractivity contribution in [1.82, 2.24) is 23.9 Å². The number of carbonyl (C=O) groups excluding carboxylic acids is 1. The van der Waals surface area contributed by atoms with Crippen LogP contribution in [-0.4, -0.2) is 62.5 Å². The predicted octanol–water partition coefficient (Wildman–Crippen LogP) is 3.46. The Labute approximate surface area is 187 Å². The molecule has 1 aliphatic heterocycles. The van der Waals surface area contributed by atoms with Crippen LogP contribution in [0.2, 0.25) is 0 Å². The van der Waals surface area contributed by atoms with Crippen LogP contribution in [0.1, 0.15) is 50.0 Å². The number of hydrogen-bond acceptors (Lipinski definition) is 4. The quantitative estimate of drug-likeness (QED) is 0.611. The van der Waals surface area contributed by atoms with E-state index in [0.717, 1.165) is 38.0 Å². The third-order valence-electron chi connectivity index (χ3n) is 6.57. The molecule has 1 saturated heterocycles. The van der Waals surface area contributed by atoms with Gasteiger partial charge < -0.3 is 9.80 Å². The van der Waals surface area contributed by atoms with Crippen molar-refractivity contribution in [3.8, 4) is 5.69 Å². The standard InChI is InChI=1S/C24H30FN5O2/c1-5-28-12-9-18(10-13-28)29-21-8-11-26-15-22(21)30(24(29)32)20-7-6-17(25)14-19(20)23(31)27(4)16(2)3/h6-8,11,14-16,18H,5,9-10,12-13H2,1-4H3. The molecule has 1 aromatic carbocycles. The first-order valence-corrected chi connectivity index (χ1v) is 11.2. The van der Waals surface area contributed by atoms with Crippen LogP contribution in [0.3, 0.4) is 0 Å². The maximum atomic E-state index is 14.2. The van der Waals surface area contributed by atoms with Gasteiger partial charge in [0.2, 0.25) is 0 Å². The van der Waals surface area contributed by atoms with Gasteiger partial charge in [0.25, 0.3) is 5.91 Å². The first-order valence-electron chi connectivity index (χ1n) is 11.2. The highest BCUT2D eigenvalue weighted by molar-refractivity contribution is 5.98. The molecule has 1 amide bonds. The summed E-state index contributed by atoms with van der Waals surface area (Å²) in [5, 5.41) is 0. The molecule has 0 radical (unpaired) electrons. The van der Waals surface area contributed by atoms with Crippen molar-refractivity contribution in [2.75, 3.05) is 26.7 Å². The van der Waals surface area contributed by atoms with Gasteiger partial charge in [0.1, 0.15) is 5.82 Å². The van der Waals surface area contributed by atoms with Gasteiger partial charge in [-0.05, 0) is 57.5 Å². The SMILES string of the molecule is CCN1CCC(n2c(=O)n(-c3ccc(F)cc3C(=O)N(C)C(C)C)c3cnccc32)CC1. The van der Waals surface area contributed by atoms with Gasteiger partial charge in [-0.15, -0.1) is 0 Å². The summed E-state index contributed by atoms with van der Waals surface area (Å²) >= 11 is 0. The molecule has 0 atom stereocenters. The minimum Gasteiger partial charge on any atom is -0.339 e. The minimum absolute atomic E-state index is 0.0642. The molecule has 0 aliphatic carbocycles. The third-order valence-corrected chi connectivity index (χ3v) is 6.57. The maximum absolute atomic E-state index is 14.2. The van der Waals surface area contributed by atoms with Crippen molar-refractivity contribution < 1.29 is 9.18 Å². The number of carbonyl (C=O) groups is 1. The highest BCUT2D eigenvalue weighted by atomic mass is 19.1. The van der Waals surface area contributed by atoms with Crippen LogP contribution in [0.5, 0.6) is 0 Å². The number of amides is 1. The van der Waals surface area contributed by atoms with Crippen LogP contribution >= 0.6 is 0 Å². The largest absolute Gasteiger partial charge is 0.339 e. The second-order valence-electron chi connectivity index (χ2n) is 8.69. The number of fused-ring (bicyclic) bond motifs is 1. The van der Waals surface area contributed by atoms with Crippen molar-refractivity contribution in [1.29, 1.82) is 0 Å². The molecular weight excluding hydrogens is 409 g/mol. The number of piperidine rings is 1. The summed E-state index contributed by atoms with van der Waals surface area (Å²) < 4.78 is 17.5. The molecule has 2 aromatic heterocycles. The summed E-state index contributed by atoms with van der Waals surface area (Å²) in [7, 11) is 1.68. The lowest BCUT2D eigenvalue weighted by Crippen LogP contribution is -2.38. The third kappa shape index (κ3) is 3.83. The summed E-state index contributed by atoms with van der Waals surface area (Å²) in [5.41, 5.74) is 1.70. The fraction of sp³-hybridized carbons (Fsp3) is 0.458. The lowest BCUT2D eigenvalue weighted by Gasteiger charge is -2.31. The van der Waals surface area contributed by atoms with Crippen molar-refractivity contribution in [2.24, 2.45) is 0 Å². The van der Waals surface area contributed by atoms with Gasteiger partial charge in [-0.2, -0.15) is 0 Å². The Morgan fingerprint density at radius 2 is 1.94 bits per heavy atom. The molecule has 0 bridgehead atoms. The van der Waals surface area contributed by atoms with Gasteiger partial charge in [-0.25, -0.2) is 9.18 Å². The summed E-state index contributed by atoms with van der Waals surface area (Å²) in [6.07, 6.45) is 5.06. The lowest BCUT2D eigenvalue weighted by molar-refractivity contribution is 0.0754. The number of rotatable bonds is 5. The zero-order chi connectivity index (χ0) is 23.0. The van der Waals surface area contributed by atoms with Crippen LogP contribution in [0.25, 0.3) is 16.7 Å². The molecule has 1 fully saturated rings. The number of benzene rings is 1. The van der Waals surface area contributed by atoms with Crippen LogP contribution in [0.15, 0.2) is 41.5 Å². The molecule has 170 valence electrons. The zero-order valence-corrected chi connectivity index (χ0v) is 19.1. The zero-order valence-electron chi connectivity index (χ0n) is 19.1. The number of pyridine rings is 1. The van der Waals surface area contributed by atoms with Gasteiger partial charge in [-0.3, -0.25) is 18.9 Å². The van der Waals surface area contributed by atoms with Gasteiger partial charge in [0, 0.05) is 38.4 Å². The first-order chi connectivity index (χ1) is 15.3. The molecule has 0 spiro atoms. The van der Waals surface area contributed by atoms with Crippen molar-refractivity contribution in [3.05, 3.63) is 58.5 Å². The normalized spacial score (nSPS) is 15.6. The van der Waals surface area contributed by atoms with Gasteiger partial charge in [-0.1, -0.05) is 6.92 Å². The smallest absolute Gasteiger partial charge is 0.334 e. The molecule has 3 aromatic rings. The van der Waals surface area contributed by atoms with E-state index in [2.05, 4.69) is 16.8 Å². The lowest BCUT2D eigenvalue weighted by atomic mass is 10.0. The Balaban J connectivity index is 1.90. The van der Waals surface area contributed by atoms with Crippen molar-refractivity contribution in [3.63, 3.8) is 0 Å². The molecule has 0 unspecified atom stereocenters. The van der Waals surface area contributed by atoms with Crippen molar-refractivity contribution >= 4 is 16.9 Å². The fourth-order valence-electron chi connectivity index (χ4n) is 4.45. The van der Waals surface area contributed by atoms with Crippen LogP contribution < -0.4 is 5.69 Å². The van der Waals surface area contributed by atoms with Crippen molar-refractivity contribution in [2.45, 2.75) is 45.7 Å². The first kappa shape index (κ1) is 22.2. The monoisotopic (exact) mass is 439 g/mol. The van der Waals surface area contributed by atoms with E-state index < -0.39 is 5.82 Å². The molecular formula is C24H30FN5O2. The molecule has 7 nitrogen and oxygen atoms in total. The highest BCUT2D eigenvalue weighted by Gasteiger charge is 2.27. The average Bonchev–Trinajstić information content (AvgIpc) is 3.09. The Morgan fingerprint density at radius 3 is 2.59 bits per heavy atom. The summed E-state index contributed by atoms with van der Waals surface area (Å²) in [5.74, 6) is -0.849. The van der Waals surface area contributed by atoms with E-state index >= 15 is 0 Å². The Hall–Kier alpha value is -3.00. The number of halogens is 1. The van der Waals surface area contributed by atoms with E-state index in [1.807, 2.05) is 24.5 Å². The minimum atomic E-state index is -0.517. The Morgan fingerprint density at radius 1 is 1.22 bits per heavy atom. The molecule has 3 heterocycles. The molecule has 0 N–H and O–H groups in total. The van der Waals surface area contributed by atoms with Gasteiger partial charge in [0.15, 0.2) is 0 Å². The number of hydrogen-bond donors (Lipinski definition) is 0. The van der Waals surface area contributed by atoms with E-state index in [9.17, 15) is 14.0 Å².